The number of nitrogens with one attached hydrogen (secondary N) is 1. The molecule has 0 atom stereocenters. The number of likely N-dealkylation sites (N-methyl/N-ethyl adjacent to an activating group) is 1. The van der Waals surface area contributed by atoms with Gasteiger partial charge in [0, 0.05) is 19.6 Å². The van der Waals surface area contributed by atoms with E-state index < -0.39 is 0 Å². The van der Waals surface area contributed by atoms with Crippen molar-refractivity contribution in [2.45, 2.75) is 19.9 Å². The van der Waals surface area contributed by atoms with Crippen LogP contribution in [-0.4, -0.2) is 31.6 Å². The van der Waals surface area contributed by atoms with Crippen LogP contribution in [0.4, 0.5) is 4.39 Å². The zero-order chi connectivity index (χ0) is 13.4. The minimum atomic E-state index is -0.177. The van der Waals surface area contributed by atoms with Crippen LogP contribution in [0.25, 0.3) is 0 Å². The van der Waals surface area contributed by atoms with E-state index in [4.69, 9.17) is 0 Å². The van der Waals surface area contributed by atoms with Crippen molar-refractivity contribution in [1.82, 2.24) is 10.2 Å². The second-order valence-corrected chi connectivity index (χ2v) is 4.73. The minimum Gasteiger partial charge on any atom is -0.313 e. The monoisotopic (exact) mass is 250 g/mol. The highest BCUT2D eigenvalue weighted by molar-refractivity contribution is 5.16. The molecular weight excluding hydrogens is 227 g/mol. The molecule has 0 radical (unpaired) electrons. The summed E-state index contributed by atoms with van der Waals surface area (Å²) in [6, 6.07) is 6.74. The van der Waals surface area contributed by atoms with E-state index in [1.54, 1.807) is 12.1 Å². The fourth-order valence-corrected chi connectivity index (χ4v) is 1.88. The molecule has 0 spiro atoms. The van der Waals surface area contributed by atoms with E-state index in [1.165, 1.54) is 6.07 Å². The van der Waals surface area contributed by atoms with Crippen molar-refractivity contribution in [2.75, 3.05) is 26.7 Å². The maximum Gasteiger partial charge on any atom is 0.123 e. The Kier molecular flexibility index (Phi) is 6.61. The molecule has 0 aliphatic heterocycles. The van der Waals surface area contributed by atoms with Gasteiger partial charge in [-0.3, -0.25) is 4.90 Å². The lowest BCUT2D eigenvalue weighted by Crippen LogP contribution is -2.26. The number of nitrogens with zero attached hydrogens (tertiary/aromatic N) is 1. The molecule has 0 aromatic heterocycles. The molecule has 0 amide bonds. The highest BCUT2D eigenvalue weighted by Gasteiger charge is 2.03. The molecule has 1 rings (SSSR count). The lowest BCUT2D eigenvalue weighted by atomic mass is 10.2. The Morgan fingerprint density at radius 3 is 2.89 bits per heavy atom. The molecule has 1 aromatic rings. The van der Waals surface area contributed by atoms with E-state index in [0.717, 1.165) is 43.7 Å². The molecule has 0 unspecified atom stereocenters. The van der Waals surface area contributed by atoms with Gasteiger partial charge in [-0.2, -0.15) is 0 Å². The third-order valence-electron chi connectivity index (χ3n) is 2.64. The predicted molar refractivity (Wildman–Crippen MR) is 75.0 cm³/mol. The summed E-state index contributed by atoms with van der Waals surface area (Å²) in [6.45, 7) is 9.63. The molecule has 0 saturated carbocycles. The molecule has 0 fully saturated rings. The summed E-state index contributed by atoms with van der Waals surface area (Å²) in [7, 11) is 2.02. The second kappa shape index (κ2) is 8.01. The molecule has 0 aliphatic carbocycles. The SMILES string of the molecule is C=C(CNCCC)CN(C)Cc1cccc(F)c1. The Balaban J connectivity index is 2.32. The maximum atomic E-state index is 13.0. The molecule has 0 bridgehead atoms. The van der Waals surface area contributed by atoms with Crippen LogP contribution in [0, 0.1) is 5.82 Å². The maximum absolute atomic E-state index is 13.0. The molecule has 18 heavy (non-hydrogen) atoms. The Hall–Kier alpha value is -1.19. The number of benzene rings is 1. The molecule has 3 heteroatoms. The van der Waals surface area contributed by atoms with Gasteiger partial charge in [0.15, 0.2) is 0 Å². The van der Waals surface area contributed by atoms with E-state index in [9.17, 15) is 4.39 Å². The van der Waals surface area contributed by atoms with E-state index >= 15 is 0 Å². The fourth-order valence-electron chi connectivity index (χ4n) is 1.88. The molecule has 1 N–H and O–H groups in total. The summed E-state index contributed by atoms with van der Waals surface area (Å²) in [5, 5.41) is 3.33. The summed E-state index contributed by atoms with van der Waals surface area (Å²) in [4.78, 5) is 2.14. The van der Waals surface area contributed by atoms with E-state index in [2.05, 4.69) is 23.7 Å². The van der Waals surface area contributed by atoms with Gasteiger partial charge in [0.25, 0.3) is 0 Å². The molecular formula is C15H23FN2. The number of halogens is 1. The van der Waals surface area contributed by atoms with Crippen LogP contribution in [0.1, 0.15) is 18.9 Å². The lowest BCUT2D eigenvalue weighted by molar-refractivity contribution is 0.351. The van der Waals surface area contributed by atoms with E-state index in [-0.39, 0.29) is 5.82 Å². The lowest BCUT2D eigenvalue weighted by Gasteiger charge is -2.18. The second-order valence-electron chi connectivity index (χ2n) is 4.73. The van der Waals surface area contributed by atoms with Gasteiger partial charge in [0.05, 0.1) is 0 Å². The first-order valence-corrected chi connectivity index (χ1v) is 6.42. The highest BCUT2D eigenvalue weighted by Crippen LogP contribution is 2.07. The van der Waals surface area contributed by atoms with E-state index in [1.807, 2.05) is 13.1 Å². The Bertz CT molecular complexity index is 377. The van der Waals surface area contributed by atoms with Crippen molar-refractivity contribution in [1.29, 1.82) is 0 Å². The highest BCUT2D eigenvalue weighted by atomic mass is 19.1. The van der Waals surface area contributed by atoms with Gasteiger partial charge in [-0.15, -0.1) is 0 Å². The predicted octanol–water partition coefficient (Wildman–Crippen LogP) is 2.81. The van der Waals surface area contributed by atoms with Gasteiger partial charge in [0.2, 0.25) is 0 Å². The van der Waals surface area contributed by atoms with Crippen molar-refractivity contribution in [3.05, 3.63) is 47.8 Å². The summed E-state index contributed by atoms with van der Waals surface area (Å²) < 4.78 is 13.0. The van der Waals surface area contributed by atoms with Gasteiger partial charge in [0.1, 0.15) is 5.82 Å². The van der Waals surface area contributed by atoms with Gasteiger partial charge in [-0.05, 0) is 43.3 Å². The molecule has 0 aliphatic rings. The van der Waals surface area contributed by atoms with Gasteiger partial charge in [-0.25, -0.2) is 4.39 Å². The smallest absolute Gasteiger partial charge is 0.123 e. The normalized spacial score (nSPS) is 10.9. The third kappa shape index (κ3) is 5.94. The van der Waals surface area contributed by atoms with Crippen LogP contribution in [0.2, 0.25) is 0 Å². The van der Waals surface area contributed by atoms with Crippen molar-refractivity contribution in [3.8, 4) is 0 Å². The third-order valence-corrected chi connectivity index (χ3v) is 2.64. The average molecular weight is 250 g/mol. The number of rotatable bonds is 8. The van der Waals surface area contributed by atoms with Gasteiger partial charge >= 0.3 is 0 Å². The van der Waals surface area contributed by atoms with Crippen LogP contribution >= 0.6 is 0 Å². The summed E-state index contributed by atoms with van der Waals surface area (Å²) >= 11 is 0. The number of hydrogen-bond donors (Lipinski definition) is 1. The Labute approximate surface area is 110 Å². The van der Waals surface area contributed by atoms with Crippen molar-refractivity contribution < 1.29 is 4.39 Å². The van der Waals surface area contributed by atoms with Crippen molar-refractivity contribution >= 4 is 0 Å². The first-order valence-electron chi connectivity index (χ1n) is 6.42. The van der Waals surface area contributed by atoms with Crippen LogP contribution in [0.15, 0.2) is 36.4 Å². The van der Waals surface area contributed by atoms with Crippen LogP contribution in [-0.2, 0) is 6.54 Å². The Morgan fingerprint density at radius 1 is 1.44 bits per heavy atom. The molecule has 2 nitrogen and oxygen atoms in total. The van der Waals surface area contributed by atoms with Crippen LogP contribution < -0.4 is 5.32 Å². The standard InChI is InChI=1S/C15H23FN2/c1-4-8-17-10-13(2)11-18(3)12-14-6-5-7-15(16)9-14/h5-7,9,17H,2,4,8,10-12H2,1,3H3. The topological polar surface area (TPSA) is 15.3 Å². The zero-order valence-corrected chi connectivity index (χ0v) is 11.4. The molecule has 0 saturated heterocycles. The van der Waals surface area contributed by atoms with E-state index in [0.29, 0.717) is 0 Å². The van der Waals surface area contributed by atoms with Crippen LogP contribution in [0.3, 0.4) is 0 Å². The van der Waals surface area contributed by atoms with Crippen molar-refractivity contribution in [3.63, 3.8) is 0 Å². The average Bonchev–Trinajstić information content (AvgIpc) is 2.29. The largest absolute Gasteiger partial charge is 0.313 e. The van der Waals surface area contributed by atoms with Gasteiger partial charge in [-0.1, -0.05) is 25.6 Å². The quantitative estimate of drug-likeness (QED) is 0.564. The minimum absolute atomic E-state index is 0.177. The molecule has 1 aromatic carbocycles. The first kappa shape index (κ1) is 14.9. The molecule has 100 valence electrons. The summed E-state index contributed by atoms with van der Waals surface area (Å²) in [6.07, 6.45) is 1.13. The Morgan fingerprint density at radius 2 is 2.22 bits per heavy atom. The summed E-state index contributed by atoms with van der Waals surface area (Å²) in [5.41, 5.74) is 2.15. The summed E-state index contributed by atoms with van der Waals surface area (Å²) in [5.74, 6) is -0.177. The zero-order valence-electron chi connectivity index (χ0n) is 11.4. The van der Waals surface area contributed by atoms with Crippen molar-refractivity contribution in [2.24, 2.45) is 0 Å². The molecule has 0 heterocycles. The fraction of sp³-hybridized carbons (Fsp3) is 0.467. The first-order chi connectivity index (χ1) is 8.61. The van der Waals surface area contributed by atoms with Gasteiger partial charge < -0.3 is 5.32 Å². The van der Waals surface area contributed by atoms with Crippen LogP contribution in [0.5, 0.6) is 0 Å². The number of hydrogen-bond acceptors (Lipinski definition) is 2.